The van der Waals surface area contributed by atoms with Crippen LogP contribution in [0, 0.1) is 0 Å². The standard InChI is InChI=1S/C20H24N2O3S/c1-14(17-10-11-18(24-3)19(12-17)25-4)21-22-20(23)15(2)26-13-16-8-6-5-7-9-16/h5-12,15H,13H2,1-4H3,(H,22,23)/b21-14-/t15-/m0/s1. The molecule has 2 aromatic rings. The first kappa shape index (κ1) is 19.8. The van der Waals surface area contributed by atoms with Gasteiger partial charge in [-0.3, -0.25) is 4.79 Å². The second-order valence-corrected chi connectivity index (χ2v) is 7.01. The maximum atomic E-state index is 12.2. The van der Waals surface area contributed by atoms with Crippen LogP contribution < -0.4 is 14.9 Å². The van der Waals surface area contributed by atoms with Gasteiger partial charge in [-0.2, -0.15) is 5.10 Å². The number of amides is 1. The number of hydrazone groups is 1. The summed E-state index contributed by atoms with van der Waals surface area (Å²) >= 11 is 1.58. The Hall–Kier alpha value is -2.47. The summed E-state index contributed by atoms with van der Waals surface area (Å²) in [6, 6.07) is 15.6. The van der Waals surface area contributed by atoms with Gasteiger partial charge in [0, 0.05) is 11.3 Å². The van der Waals surface area contributed by atoms with E-state index < -0.39 is 0 Å². The van der Waals surface area contributed by atoms with Crippen molar-refractivity contribution in [3.8, 4) is 11.5 Å². The Morgan fingerprint density at radius 1 is 1.12 bits per heavy atom. The molecule has 5 nitrogen and oxygen atoms in total. The number of thioether (sulfide) groups is 1. The Labute approximate surface area is 158 Å². The number of carbonyl (C=O) groups is 1. The topological polar surface area (TPSA) is 59.9 Å². The SMILES string of the molecule is COc1ccc(/C(C)=N\NC(=O)[C@H](C)SCc2ccccc2)cc1OC. The molecule has 0 aliphatic rings. The number of hydrogen-bond donors (Lipinski definition) is 1. The molecule has 2 rings (SSSR count). The maximum absolute atomic E-state index is 12.2. The van der Waals surface area contributed by atoms with E-state index >= 15 is 0 Å². The van der Waals surface area contributed by atoms with Gasteiger partial charge in [0.2, 0.25) is 0 Å². The third kappa shape index (κ3) is 5.52. The van der Waals surface area contributed by atoms with Crippen molar-refractivity contribution in [1.29, 1.82) is 0 Å². The largest absolute Gasteiger partial charge is 0.493 e. The van der Waals surface area contributed by atoms with Gasteiger partial charge in [-0.1, -0.05) is 30.3 Å². The van der Waals surface area contributed by atoms with Gasteiger partial charge in [-0.05, 0) is 37.6 Å². The summed E-state index contributed by atoms with van der Waals surface area (Å²) in [4.78, 5) is 12.2. The van der Waals surface area contributed by atoms with Crippen molar-refractivity contribution in [1.82, 2.24) is 5.43 Å². The Balaban J connectivity index is 1.93. The fraction of sp³-hybridized carbons (Fsp3) is 0.300. The van der Waals surface area contributed by atoms with E-state index in [-0.39, 0.29) is 11.2 Å². The highest BCUT2D eigenvalue weighted by molar-refractivity contribution is 7.99. The molecule has 0 fully saturated rings. The van der Waals surface area contributed by atoms with Crippen LogP contribution in [0.15, 0.2) is 53.6 Å². The zero-order valence-corrected chi connectivity index (χ0v) is 16.3. The molecule has 138 valence electrons. The van der Waals surface area contributed by atoms with Crippen LogP contribution in [-0.4, -0.2) is 31.1 Å². The fourth-order valence-corrected chi connectivity index (χ4v) is 3.07. The summed E-state index contributed by atoms with van der Waals surface area (Å²) in [6.07, 6.45) is 0. The summed E-state index contributed by atoms with van der Waals surface area (Å²) in [7, 11) is 3.18. The van der Waals surface area contributed by atoms with Crippen molar-refractivity contribution >= 4 is 23.4 Å². The van der Waals surface area contributed by atoms with Crippen LogP contribution in [0.5, 0.6) is 11.5 Å². The molecule has 1 amide bonds. The quantitative estimate of drug-likeness (QED) is 0.564. The Bertz CT molecular complexity index is 763. The molecule has 1 atom stereocenters. The number of rotatable bonds is 8. The lowest BCUT2D eigenvalue weighted by atomic mass is 10.1. The van der Waals surface area contributed by atoms with E-state index in [9.17, 15) is 4.79 Å². The molecular weight excluding hydrogens is 348 g/mol. The predicted octanol–water partition coefficient (Wildman–Crippen LogP) is 3.87. The lowest BCUT2D eigenvalue weighted by Gasteiger charge is -2.11. The number of methoxy groups -OCH3 is 2. The highest BCUT2D eigenvalue weighted by atomic mass is 32.2. The molecule has 26 heavy (non-hydrogen) atoms. The van der Waals surface area contributed by atoms with Crippen LogP contribution >= 0.6 is 11.8 Å². The van der Waals surface area contributed by atoms with Crippen LogP contribution in [0.25, 0.3) is 0 Å². The van der Waals surface area contributed by atoms with Crippen molar-refractivity contribution in [3.05, 3.63) is 59.7 Å². The van der Waals surface area contributed by atoms with Crippen molar-refractivity contribution in [2.75, 3.05) is 14.2 Å². The first-order chi connectivity index (χ1) is 12.5. The molecule has 0 heterocycles. The fourth-order valence-electron chi connectivity index (χ4n) is 2.23. The van der Waals surface area contributed by atoms with Gasteiger partial charge in [-0.15, -0.1) is 11.8 Å². The Kier molecular flexibility index (Phi) is 7.53. The number of hydrogen-bond acceptors (Lipinski definition) is 5. The molecule has 0 bridgehead atoms. The van der Waals surface area contributed by atoms with Gasteiger partial charge in [0.25, 0.3) is 5.91 Å². The highest BCUT2D eigenvalue weighted by Gasteiger charge is 2.13. The zero-order chi connectivity index (χ0) is 18.9. The minimum atomic E-state index is -0.197. The van der Waals surface area contributed by atoms with Crippen LogP contribution in [0.4, 0.5) is 0 Å². The van der Waals surface area contributed by atoms with Gasteiger partial charge < -0.3 is 9.47 Å². The monoisotopic (exact) mass is 372 g/mol. The van der Waals surface area contributed by atoms with E-state index in [4.69, 9.17) is 9.47 Å². The first-order valence-electron chi connectivity index (χ1n) is 8.27. The minimum absolute atomic E-state index is 0.120. The molecular formula is C20H24N2O3S. The molecule has 1 N–H and O–H groups in total. The van der Waals surface area contributed by atoms with Gasteiger partial charge in [-0.25, -0.2) is 5.43 Å². The second kappa shape index (κ2) is 9.87. The molecule has 0 aromatic heterocycles. The molecule has 0 saturated heterocycles. The van der Waals surface area contributed by atoms with Crippen molar-refractivity contribution in [2.24, 2.45) is 5.10 Å². The van der Waals surface area contributed by atoms with Crippen LogP contribution in [0.3, 0.4) is 0 Å². The summed E-state index contributed by atoms with van der Waals surface area (Å²) in [5, 5.41) is 4.01. The highest BCUT2D eigenvalue weighted by Crippen LogP contribution is 2.27. The summed E-state index contributed by atoms with van der Waals surface area (Å²) in [5.74, 6) is 1.94. The molecule has 0 saturated carbocycles. The lowest BCUT2D eigenvalue weighted by molar-refractivity contribution is -0.120. The van der Waals surface area contributed by atoms with E-state index in [0.29, 0.717) is 17.2 Å². The number of carbonyl (C=O) groups excluding carboxylic acids is 1. The summed E-state index contributed by atoms with van der Waals surface area (Å²) in [6.45, 7) is 3.72. The molecule has 2 aromatic carbocycles. The Morgan fingerprint density at radius 2 is 1.81 bits per heavy atom. The van der Waals surface area contributed by atoms with Gasteiger partial charge >= 0.3 is 0 Å². The van der Waals surface area contributed by atoms with Crippen LogP contribution in [-0.2, 0) is 10.5 Å². The third-order valence-corrected chi connectivity index (χ3v) is 5.06. The average Bonchev–Trinajstić information content (AvgIpc) is 2.69. The molecule has 0 unspecified atom stereocenters. The lowest BCUT2D eigenvalue weighted by Crippen LogP contribution is -2.27. The van der Waals surface area contributed by atoms with Crippen molar-refractivity contribution < 1.29 is 14.3 Å². The van der Waals surface area contributed by atoms with Gasteiger partial charge in [0.15, 0.2) is 11.5 Å². The molecule has 0 spiro atoms. The van der Waals surface area contributed by atoms with Crippen LogP contribution in [0.1, 0.15) is 25.0 Å². The van der Waals surface area contributed by atoms with E-state index in [1.807, 2.05) is 50.2 Å². The average molecular weight is 372 g/mol. The van der Waals surface area contributed by atoms with E-state index in [2.05, 4.69) is 22.7 Å². The van der Waals surface area contributed by atoms with Crippen molar-refractivity contribution in [3.63, 3.8) is 0 Å². The third-order valence-electron chi connectivity index (χ3n) is 3.85. The number of ether oxygens (including phenoxy) is 2. The predicted molar refractivity (Wildman–Crippen MR) is 107 cm³/mol. The van der Waals surface area contributed by atoms with Gasteiger partial charge in [0.05, 0.1) is 25.2 Å². The second-order valence-electron chi connectivity index (χ2n) is 5.68. The number of benzene rings is 2. The molecule has 0 aliphatic carbocycles. The normalized spacial score (nSPS) is 12.4. The van der Waals surface area contributed by atoms with Gasteiger partial charge in [0.1, 0.15) is 0 Å². The summed E-state index contributed by atoms with van der Waals surface area (Å²) in [5.41, 5.74) is 5.38. The van der Waals surface area contributed by atoms with E-state index in [0.717, 1.165) is 11.3 Å². The van der Waals surface area contributed by atoms with E-state index in [1.54, 1.807) is 26.0 Å². The first-order valence-corrected chi connectivity index (χ1v) is 9.32. The molecule has 0 aliphatic heterocycles. The van der Waals surface area contributed by atoms with E-state index in [1.165, 1.54) is 5.56 Å². The maximum Gasteiger partial charge on any atom is 0.252 e. The van der Waals surface area contributed by atoms with Crippen molar-refractivity contribution in [2.45, 2.75) is 24.9 Å². The Morgan fingerprint density at radius 3 is 2.46 bits per heavy atom. The summed E-state index contributed by atoms with van der Waals surface area (Å²) < 4.78 is 10.5. The smallest absolute Gasteiger partial charge is 0.252 e. The minimum Gasteiger partial charge on any atom is -0.493 e. The zero-order valence-electron chi connectivity index (χ0n) is 15.5. The molecule has 0 radical (unpaired) electrons. The number of nitrogens with zero attached hydrogens (tertiary/aromatic N) is 1. The number of nitrogens with one attached hydrogen (secondary N) is 1. The molecule has 6 heteroatoms. The van der Waals surface area contributed by atoms with Crippen LogP contribution in [0.2, 0.25) is 0 Å².